The van der Waals surface area contributed by atoms with Crippen LogP contribution in [-0.2, 0) is 4.79 Å². The zero-order valence-corrected chi connectivity index (χ0v) is 17.5. The van der Waals surface area contributed by atoms with Gasteiger partial charge in [-0.25, -0.2) is 5.43 Å². The van der Waals surface area contributed by atoms with Gasteiger partial charge in [0.15, 0.2) is 0 Å². The molecule has 0 aromatic heterocycles. The Morgan fingerprint density at radius 2 is 1.29 bits per heavy atom. The van der Waals surface area contributed by atoms with Gasteiger partial charge in [-0.1, -0.05) is 18.2 Å². The number of nitro groups is 2. The van der Waals surface area contributed by atoms with Crippen molar-refractivity contribution in [3.63, 3.8) is 0 Å². The first kappa shape index (κ1) is 23.5. The normalized spacial score (nSPS) is 11.1. The summed E-state index contributed by atoms with van der Waals surface area (Å²) in [6.07, 6.45) is 2.63. The molecule has 2 amide bonds. The second-order valence-corrected chi connectivity index (χ2v) is 6.77. The molecule has 3 aromatic carbocycles. The number of carbonyl (C=O) groups excluding carboxylic acids is 2. The zero-order chi connectivity index (χ0) is 24.5. The van der Waals surface area contributed by atoms with Crippen molar-refractivity contribution >= 4 is 35.5 Å². The highest BCUT2D eigenvalue weighted by Gasteiger charge is 2.15. The number of carbonyl (C=O) groups is 2. The van der Waals surface area contributed by atoms with Crippen LogP contribution in [0.1, 0.15) is 21.5 Å². The second kappa shape index (κ2) is 10.9. The molecule has 170 valence electrons. The van der Waals surface area contributed by atoms with E-state index in [2.05, 4.69) is 15.8 Å². The molecule has 0 aliphatic rings. The van der Waals surface area contributed by atoms with Crippen molar-refractivity contribution in [2.75, 3.05) is 0 Å². The van der Waals surface area contributed by atoms with Gasteiger partial charge in [-0.15, -0.1) is 0 Å². The molecule has 0 radical (unpaired) electrons. The number of benzene rings is 3. The first-order valence-electron chi connectivity index (χ1n) is 9.74. The Morgan fingerprint density at radius 3 is 1.82 bits per heavy atom. The van der Waals surface area contributed by atoms with Crippen molar-refractivity contribution in [2.45, 2.75) is 0 Å². The van der Waals surface area contributed by atoms with Crippen molar-refractivity contribution in [1.29, 1.82) is 0 Å². The first-order chi connectivity index (χ1) is 16.3. The molecule has 3 rings (SSSR count). The van der Waals surface area contributed by atoms with E-state index in [4.69, 9.17) is 0 Å². The smallest absolute Gasteiger partial charge is 0.287 e. The summed E-state index contributed by atoms with van der Waals surface area (Å²) in [4.78, 5) is 45.8. The van der Waals surface area contributed by atoms with E-state index in [0.717, 1.165) is 0 Å². The number of hydrogen-bond acceptors (Lipinski definition) is 7. The van der Waals surface area contributed by atoms with E-state index in [-0.39, 0.29) is 17.1 Å². The summed E-state index contributed by atoms with van der Waals surface area (Å²) >= 11 is 0. The Balaban J connectivity index is 1.79. The second-order valence-electron chi connectivity index (χ2n) is 6.77. The van der Waals surface area contributed by atoms with Crippen molar-refractivity contribution < 1.29 is 19.4 Å². The fourth-order valence-electron chi connectivity index (χ4n) is 2.71. The maximum Gasteiger partial charge on any atom is 0.287 e. The summed E-state index contributed by atoms with van der Waals surface area (Å²) in [6, 6.07) is 19.1. The van der Waals surface area contributed by atoms with Gasteiger partial charge in [-0.2, -0.15) is 5.10 Å². The van der Waals surface area contributed by atoms with Crippen LogP contribution in [0.2, 0.25) is 0 Å². The number of nitro benzene ring substituents is 2. The highest BCUT2D eigenvalue weighted by molar-refractivity contribution is 6.05. The summed E-state index contributed by atoms with van der Waals surface area (Å²) in [5.74, 6) is -1.29. The number of hydrogen-bond donors (Lipinski definition) is 2. The number of amides is 2. The Hall–Kier alpha value is -5.19. The van der Waals surface area contributed by atoms with E-state index in [1.165, 1.54) is 60.8 Å². The highest BCUT2D eigenvalue weighted by Crippen LogP contribution is 2.14. The Morgan fingerprint density at radius 1 is 0.765 bits per heavy atom. The number of nitrogens with one attached hydrogen (secondary N) is 2. The molecule has 0 saturated carbocycles. The van der Waals surface area contributed by atoms with Crippen molar-refractivity contribution in [2.24, 2.45) is 5.10 Å². The van der Waals surface area contributed by atoms with Crippen molar-refractivity contribution in [1.82, 2.24) is 10.7 Å². The number of hydrazone groups is 1. The zero-order valence-electron chi connectivity index (χ0n) is 17.5. The fraction of sp³-hybridized carbons (Fsp3) is 0. The summed E-state index contributed by atoms with van der Waals surface area (Å²) in [7, 11) is 0. The molecule has 34 heavy (non-hydrogen) atoms. The molecule has 0 saturated heterocycles. The average Bonchev–Trinajstić information content (AvgIpc) is 2.84. The minimum absolute atomic E-state index is 0.0851. The predicted octanol–water partition coefficient (Wildman–Crippen LogP) is 3.42. The van der Waals surface area contributed by atoms with E-state index in [1.54, 1.807) is 30.3 Å². The van der Waals surface area contributed by atoms with E-state index < -0.39 is 21.7 Å². The molecule has 11 nitrogen and oxygen atoms in total. The fourth-order valence-corrected chi connectivity index (χ4v) is 2.71. The molecule has 2 N–H and O–H groups in total. The van der Waals surface area contributed by atoms with Gasteiger partial charge in [0.1, 0.15) is 5.70 Å². The van der Waals surface area contributed by atoms with Crippen LogP contribution >= 0.6 is 0 Å². The SMILES string of the molecule is O=C(N/N=C\c1ccc([N+](=O)[O-])cc1)/C(=C/c1ccc([N+](=O)[O-])cc1)NC(=O)c1ccccc1. The largest absolute Gasteiger partial charge is 0.317 e. The van der Waals surface area contributed by atoms with Crippen LogP contribution < -0.4 is 10.7 Å². The Bertz CT molecular complexity index is 1270. The summed E-state index contributed by atoms with van der Waals surface area (Å²) in [5.41, 5.74) is 3.18. The van der Waals surface area contributed by atoms with Gasteiger partial charge in [0.05, 0.1) is 16.1 Å². The molecule has 0 unspecified atom stereocenters. The van der Waals surface area contributed by atoms with Gasteiger partial charge >= 0.3 is 0 Å². The lowest BCUT2D eigenvalue weighted by Gasteiger charge is -2.09. The van der Waals surface area contributed by atoms with Gasteiger partial charge in [-0.3, -0.25) is 29.8 Å². The van der Waals surface area contributed by atoms with Gasteiger partial charge in [0.25, 0.3) is 23.2 Å². The third kappa shape index (κ3) is 6.40. The molecular formula is C23H17N5O6. The van der Waals surface area contributed by atoms with E-state index in [0.29, 0.717) is 16.7 Å². The molecule has 0 aliphatic heterocycles. The van der Waals surface area contributed by atoms with Crippen LogP contribution in [0.25, 0.3) is 6.08 Å². The van der Waals surface area contributed by atoms with Crippen LogP contribution in [0.5, 0.6) is 0 Å². The molecule has 0 spiro atoms. The lowest BCUT2D eigenvalue weighted by atomic mass is 10.1. The van der Waals surface area contributed by atoms with E-state index in [9.17, 15) is 29.8 Å². The third-order valence-corrected chi connectivity index (χ3v) is 4.43. The molecule has 0 heterocycles. The van der Waals surface area contributed by atoms with Crippen LogP contribution in [0.3, 0.4) is 0 Å². The molecule has 0 fully saturated rings. The first-order valence-corrected chi connectivity index (χ1v) is 9.74. The number of non-ortho nitro benzene ring substituents is 2. The average molecular weight is 459 g/mol. The van der Waals surface area contributed by atoms with Crippen LogP contribution in [-0.4, -0.2) is 27.9 Å². The highest BCUT2D eigenvalue weighted by atomic mass is 16.6. The summed E-state index contributed by atoms with van der Waals surface area (Å²) < 4.78 is 0. The lowest BCUT2D eigenvalue weighted by molar-refractivity contribution is -0.385. The third-order valence-electron chi connectivity index (χ3n) is 4.43. The summed E-state index contributed by atoms with van der Waals surface area (Å²) in [5, 5.41) is 27.9. The van der Waals surface area contributed by atoms with Crippen molar-refractivity contribution in [3.05, 3.63) is 121 Å². The molecule has 0 atom stereocenters. The van der Waals surface area contributed by atoms with Gasteiger partial charge in [0, 0.05) is 29.8 Å². The minimum atomic E-state index is -0.749. The molecule has 3 aromatic rings. The van der Waals surface area contributed by atoms with Gasteiger partial charge < -0.3 is 5.32 Å². The standard InChI is InChI=1S/C23H17N5O6/c29-22(18-4-2-1-3-5-18)25-21(14-16-6-10-19(11-7-16)27(31)32)23(30)26-24-15-17-8-12-20(13-9-17)28(33)34/h1-15H,(H,25,29)(H,26,30)/b21-14-,24-15-. The maximum absolute atomic E-state index is 12.7. The topological polar surface area (TPSA) is 157 Å². The van der Waals surface area contributed by atoms with Crippen LogP contribution in [0.15, 0.2) is 89.7 Å². The van der Waals surface area contributed by atoms with Gasteiger partial charge in [0.2, 0.25) is 0 Å². The van der Waals surface area contributed by atoms with E-state index >= 15 is 0 Å². The number of rotatable bonds is 8. The minimum Gasteiger partial charge on any atom is -0.317 e. The maximum atomic E-state index is 12.7. The molecule has 0 bridgehead atoms. The van der Waals surface area contributed by atoms with Gasteiger partial charge in [-0.05, 0) is 53.6 Å². The lowest BCUT2D eigenvalue weighted by Crippen LogP contribution is -2.32. The molecular weight excluding hydrogens is 442 g/mol. The summed E-state index contributed by atoms with van der Waals surface area (Å²) in [6.45, 7) is 0. The molecule has 0 aliphatic carbocycles. The van der Waals surface area contributed by atoms with Crippen LogP contribution in [0.4, 0.5) is 11.4 Å². The number of nitrogens with zero attached hydrogens (tertiary/aromatic N) is 3. The Kier molecular flexibility index (Phi) is 7.53. The van der Waals surface area contributed by atoms with Crippen molar-refractivity contribution in [3.8, 4) is 0 Å². The quantitative estimate of drug-likeness (QED) is 0.227. The predicted molar refractivity (Wildman–Crippen MR) is 124 cm³/mol. The van der Waals surface area contributed by atoms with E-state index in [1.807, 2.05) is 0 Å². The molecule has 11 heteroatoms. The Labute approximate surface area is 192 Å². The van der Waals surface area contributed by atoms with Crippen LogP contribution in [0, 0.1) is 20.2 Å². The monoisotopic (exact) mass is 459 g/mol.